The molecule has 0 spiro atoms. The highest BCUT2D eigenvalue weighted by molar-refractivity contribution is 5.84. The zero-order valence-electron chi connectivity index (χ0n) is 21.4. The molecule has 0 aliphatic heterocycles. The Labute approximate surface area is 208 Å². The lowest BCUT2D eigenvalue weighted by Crippen LogP contribution is -2.45. The highest BCUT2D eigenvalue weighted by Gasteiger charge is 2.49. The van der Waals surface area contributed by atoms with Crippen molar-refractivity contribution in [1.82, 2.24) is 0 Å². The van der Waals surface area contributed by atoms with Crippen LogP contribution < -0.4 is 0 Å². The third kappa shape index (κ3) is 5.26. The number of rotatable bonds is 9. The van der Waals surface area contributed by atoms with Crippen molar-refractivity contribution in [1.29, 1.82) is 0 Å². The first kappa shape index (κ1) is 26.4. The SMILES string of the molecule is CCCCCC1CCC(COC2(C)C=CC3=C(C(F)C(F)c4c3ccc(CCC)c4F)C2F)CC1. The van der Waals surface area contributed by atoms with Crippen LogP contribution in [0.15, 0.2) is 29.9 Å². The van der Waals surface area contributed by atoms with Crippen LogP contribution in [0.4, 0.5) is 17.6 Å². The average Bonchev–Trinajstić information content (AvgIpc) is 2.85. The molecule has 0 heterocycles. The maximum atomic E-state index is 15.8. The van der Waals surface area contributed by atoms with Crippen molar-refractivity contribution in [3.05, 3.63) is 52.4 Å². The highest BCUT2D eigenvalue weighted by atomic mass is 19.2. The van der Waals surface area contributed by atoms with Crippen molar-refractivity contribution in [2.75, 3.05) is 6.61 Å². The van der Waals surface area contributed by atoms with E-state index in [2.05, 4.69) is 6.92 Å². The van der Waals surface area contributed by atoms with E-state index in [4.69, 9.17) is 4.74 Å². The summed E-state index contributed by atoms with van der Waals surface area (Å²) in [5.74, 6) is 0.433. The third-order valence-corrected chi connectivity index (χ3v) is 8.38. The molecule has 1 nitrogen and oxygen atoms in total. The van der Waals surface area contributed by atoms with Gasteiger partial charge in [-0.05, 0) is 60.8 Å². The average molecular weight is 493 g/mol. The van der Waals surface area contributed by atoms with E-state index in [-0.39, 0.29) is 22.3 Å². The number of unbranched alkanes of at least 4 members (excludes halogenated alkanes) is 2. The molecule has 4 rings (SSSR count). The van der Waals surface area contributed by atoms with Crippen LogP contribution in [0.3, 0.4) is 0 Å². The minimum Gasteiger partial charge on any atom is -0.368 e. The lowest BCUT2D eigenvalue weighted by atomic mass is 9.73. The molecule has 4 atom stereocenters. The molecule has 1 aromatic carbocycles. The maximum Gasteiger partial charge on any atom is 0.164 e. The van der Waals surface area contributed by atoms with Crippen molar-refractivity contribution in [3.8, 4) is 0 Å². The zero-order chi connectivity index (χ0) is 25.2. The number of ether oxygens (including phenoxy) is 1. The summed E-state index contributed by atoms with van der Waals surface area (Å²) < 4.78 is 67.5. The molecular formula is C30H40F4O. The van der Waals surface area contributed by atoms with Gasteiger partial charge in [0.2, 0.25) is 0 Å². The molecule has 3 aliphatic carbocycles. The number of alkyl halides is 3. The van der Waals surface area contributed by atoms with Gasteiger partial charge in [-0.1, -0.05) is 77.0 Å². The molecule has 0 bridgehead atoms. The summed E-state index contributed by atoms with van der Waals surface area (Å²) in [6.07, 6.45) is 7.66. The van der Waals surface area contributed by atoms with Gasteiger partial charge in [0.05, 0.1) is 6.61 Å². The van der Waals surface area contributed by atoms with Crippen LogP contribution in [0.2, 0.25) is 0 Å². The van der Waals surface area contributed by atoms with Crippen LogP contribution in [0, 0.1) is 17.7 Å². The molecule has 0 N–H and O–H groups in total. The molecule has 1 aromatic rings. The Morgan fingerprint density at radius 2 is 1.66 bits per heavy atom. The van der Waals surface area contributed by atoms with E-state index in [0.717, 1.165) is 18.8 Å². The van der Waals surface area contributed by atoms with E-state index in [1.165, 1.54) is 38.5 Å². The number of hydrogen-bond donors (Lipinski definition) is 0. The van der Waals surface area contributed by atoms with Crippen molar-refractivity contribution in [2.24, 2.45) is 11.8 Å². The van der Waals surface area contributed by atoms with Gasteiger partial charge in [-0.2, -0.15) is 0 Å². The Kier molecular flexibility index (Phi) is 8.45. The summed E-state index contributed by atoms with van der Waals surface area (Å²) in [5.41, 5.74) is -1.02. The van der Waals surface area contributed by atoms with E-state index >= 15 is 17.6 Å². The van der Waals surface area contributed by atoms with E-state index in [9.17, 15) is 0 Å². The minimum absolute atomic E-state index is 0.251. The number of fused-ring (bicyclic) bond motifs is 2. The highest BCUT2D eigenvalue weighted by Crippen LogP contribution is 2.50. The van der Waals surface area contributed by atoms with Gasteiger partial charge in [0, 0.05) is 11.1 Å². The Morgan fingerprint density at radius 1 is 0.943 bits per heavy atom. The van der Waals surface area contributed by atoms with Crippen molar-refractivity contribution < 1.29 is 22.3 Å². The predicted octanol–water partition coefficient (Wildman–Crippen LogP) is 8.96. The quantitative estimate of drug-likeness (QED) is 0.247. The third-order valence-electron chi connectivity index (χ3n) is 8.38. The fourth-order valence-electron chi connectivity index (χ4n) is 6.11. The number of benzene rings is 1. The van der Waals surface area contributed by atoms with Gasteiger partial charge in [-0.25, -0.2) is 17.6 Å². The second kappa shape index (κ2) is 11.2. The molecule has 0 aromatic heterocycles. The molecule has 5 heteroatoms. The molecule has 0 saturated heterocycles. The molecule has 194 valence electrons. The topological polar surface area (TPSA) is 9.23 Å². The molecule has 4 unspecified atom stereocenters. The number of halogens is 4. The molecular weight excluding hydrogens is 452 g/mol. The second-order valence-electron chi connectivity index (χ2n) is 11.0. The van der Waals surface area contributed by atoms with Crippen LogP contribution in [0.25, 0.3) is 5.57 Å². The monoisotopic (exact) mass is 492 g/mol. The smallest absolute Gasteiger partial charge is 0.164 e. The van der Waals surface area contributed by atoms with Crippen LogP contribution in [0.1, 0.15) is 101 Å². The number of hydrogen-bond acceptors (Lipinski definition) is 1. The summed E-state index contributed by atoms with van der Waals surface area (Å²) in [5, 5.41) is 0. The van der Waals surface area contributed by atoms with Gasteiger partial charge >= 0.3 is 0 Å². The van der Waals surface area contributed by atoms with Gasteiger partial charge in [0.25, 0.3) is 0 Å². The summed E-state index contributed by atoms with van der Waals surface area (Å²) >= 11 is 0. The van der Waals surface area contributed by atoms with Gasteiger partial charge in [-0.3, -0.25) is 0 Å². The van der Waals surface area contributed by atoms with Crippen LogP contribution in [-0.4, -0.2) is 24.6 Å². The van der Waals surface area contributed by atoms with Crippen molar-refractivity contribution in [2.45, 2.75) is 109 Å². The Bertz CT molecular complexity index is 946. The van der Waals surface area contributed by atoms with E-state index in [0.29, 0.717) is 30.9 Å². The maximum absolute atomic E-state index is 15.8. The standard InChI is InChI=1S/C30H40F4O/c1-4-6-7-9-19-10-12-20(13-11-19)18-35-30(3)17-16-23-22-15-14-21(8-5-2)26(31)24(22)27(32)28(33)25(23)29(30)34/h14-17,19-20,27-29H,4-13,18H2,1-3H3. The van der Waals surface area contributed by atoms with Crippen LogP contribution in [-0.2, 0) is 11.2 Å². The summed E-state index contributed by atoms with van der Waals surface area (Å²) in [6.45, 7) is 6.14. The molecule has 1 saturated carbocycles. The number of allylic oxidation sites excluding steroid dienone is 2. The molecule has 3 aliphatic rings. The Hall–Kier alpha value is -1.62. The van der Waals surface area contributed by atoms with Gasteiger partial charge in [0.1, 0.15) is 11.4 Å². The molecule has 35 heavy (non-hydrogen) atoms. The lowest BCUT2D eigenvalue weighted by molar-refractivity contribution is -0.0634. The van der Waals surface area contributed by atoms with Crippen molar-refractivity contribution in [3.63, 3.8) is 0 Å². The molecule has 1 fully saturated rings. The Morgan fingerprint density at radius 3 is 2.34 bits per heavy atom. The Balaban J connectivity index is 1.46. The van der Waals surface area contributed by atoms with Gasteiger partial charge < -0.3 is 4.74 Å². The summed E-state index contributed by atoms with van der Waals surface area (Å²) in [7, 11) is 0. The molecule has 0 amide bonds. The van der Waals surface area contributed by atoms with E-state index < -0.39 is 29.9 Å². The van der Waals surface area contributed by atoms with E-state index in [1.54, 1.807) is 31.2 Å². The number of aryl methyl sites for hydroxylation is 1. The van der Waals surface area contributed by atoms with E-state index in [1.807, 2.05) is 6.92 Å². The summed E-state index contributed by atoms with van der Waals surface area (Å²) in [6, 6.07) is 3.22. The normalized spacial score (nSPS) is 32.5. The first-order valence-electron chi connectivity index (χ1n) is 13.6. The lowest BCUT2D eigenvalue weighted by Gasteiger charge is -2.41. The second-order valence-corrected chi connectivity index (χ2v) is 11.0. The van der Waals surface area contributed by atoms with Crippen LogP contribution in [0.5, 0.6) is 0 Å². The zero-order valence-corrected chi connectivity index (χ0v) is 21.4. The first-order chi connectivity index (χ1) is 16.8. The van der Waals surface area contributed by atoms with Gasteiger partial charge in [-0.15, -0.1) is 0 Å². The fraction of sp³-hybridized carbons (Fsp3) is 0.667. The summed E-state index contributed by atoms with van der Waals surface area (Å²) in [4.78, 5) is 0. The largest absolute Gasteiger partial charge is 0.368 e. The molecule has 0 radical (unpaired) electrons. The predicted molar refractivity (Wildman–Crippen MR) is 134 cm³/mol. The minimum atomic E-state index is -2.23. The van der Waals surface area contributed by atoms with Crippen molar-refractivity contribution >= 4 is 5.57 Å². The van der Waals surface area contributed by atoms with Gasteiger partial charge in [0.15, 0.2) is 18.5 Å². The van der Waals surface area contributed by atoms with Crippen LogP contribution >= 0.6 is 0 Å². The first-order valence-corrected chi connectivity index (χ1v) is 13.6. The fourth-order valence-corrected chi connectivity index (χ4v) is 6.11.